The number of hydrogen-bond acceptors (Lipinski definition) is 3. The van der Waals surface area contributed by atoms with Crippen molar-refractivity contribution in [3.63, 3.8) is 0 Å². The summed E-state index contributed by atoms with van der Waals surface area (Å²) in [5.41, 5.74) is 1.04. The lowest BCUT2D eigenvalue weighted by atomic mass is 10.2. The Kier molecular flexibility index (Phi) is 3.86. The zero-order chi connectivity index (χ0) is 9.52. The summed E-state index contributed by atoms with van der Waals surface area (Å²) in [5, 5.41) is 8.44. The number of diazo groups is 1. The van der Waals surface area contributed by atoms with Crippen molar-refractivity contribution < 1.29 is 4.74 Å². The molecule has 1 rings (SSSR count). The first-order chi connectivity index (χ1) is 6.33. The second-order valence-corrected chi connectivity index (χ2v) is 2.80. The predicted octanol–water partition coefficient (Wildman–Crippen LogP) is 2.78. The van der Waals surface area contributed by atoms with Gasteiger partial charge in [-0.2, -0.15) is 0 Å². The minimum absolute atomic E-state index is 0.284. The topological polar surface area (TPSA) is 37.4 Å². The van der Waals surface area contributed by atoms with Crippen molar-refractivity contribution in [1.29, 1.82) is 5.39 Å². The molecule has 0 bridgehead atoms. The van der Waals surface area contributed by atoms with Crippen LogP contribution in [0.3, 0.4) is 0 Å². The molecule has 0 aliphatic carbocycles. The summed E-state index contributed by atoms with van der Waals surface area (Å²) >= 11 is 3.93. The largest absolute Gasteiger partial charge is 0.477 e. The number of hydrogen-bond donors (Lipinski definition) is 1. The highest BCUT2D eigenvalue weighted by Crippen LogP contribution is 2.08. The normalized spacial score (nSPS) is 10.6. The Hall–Kier alpha value is -1.47. The SMILES string of the molecule is N#[N+]C=C(S)OCc1ccccc1. The molecule has 13 heavy (non-hydrogen) atoms. The molecule has 1 aromatic carbocycles. The molecule has 0 N–H and O–H groups in total. The van der Waals surface area contributed by atoms with Crippen LogP contribution in [0.25, 0.3) is 4.98 Å². The van der Waals surface area contributed by atoms with Gasteiger partial charge in [0.1, 0.15) is 6.61 Å². The Morgan fingerprint density at radius 2 is 2.15 bits per heavy atom. The molecule has 0 amide bonds. The van der Waals surface area contributed by atoms with Crippen LogP contribution in [0.1, 0.15) is 5.56 Å². The van der Waals surface area contributed by atoms with Crippen LogP contribution in [0.4, 0.5) is 0 Å². The van der Waals surface area contributed by atoms with Gasteiger partial charge in [-0.25, -0.2) is 0 Å². The van der Waals surface area contributed by atoms with Gasteiger partial charge >= 0.3 is 6.20 Å². The highest BCUT2D eigenvalue weighted by Gasteiger charge is 1.97. The van der Waals surface area contributed by atoms with Crippen LogP contribution in [0.2, 0.25) is 0 Å². The lowest BCUT2D eigenvalue weighted by molar-refractivity contribution is 0.226. The van der Waals surface area contributed by atoms with E-state index in [1.807, 2.05) is 30.3 Å². The molecule has 0 radical (unpaired) electrons. The summed E-state index contributed by atoms with van der Waals surface area (Å²) < 4.78 is 5.14. The Morgan fingerprint density at radius 3 is 2.77 bits per heavy atom. The Bertz CT molecular complexity index is 329. The Balaban J connectivity index is 2.45. The van der Waals surface area contributed by atoms with Crippen LogP contribution in [0.5, 0.6) is 0 Å². The van der Waals surface area contributed by atoms with Crippen LogP contribution >= 0.6 is 12.6 Å². The van der Waals surface area contributed by atoms with E-state index in [2.05, 4.69) is 17.6 Å². The molecular formula is C9H9N2OS+. The second-order valence-electron chi connectivity index (χ2n) is 2.36. The molecule has 0 aliphatic heterocycles. The standard InChI is InChI=1S/C9H8N2OS/c10-11-6-9(13)12-7-8-4-2-1-3-5-8/h1-6H,7H2/p+1. The van der Waals surface area contributed by atoms with Crippen LogP contribution in [-0.4, -0.2) is 0 Å². The smallest absolute Gasteiger partial charge is 0.398 e. The molecule has 66 valence electrons. The highest BCUT2D eigenvalue weighted by molar-refractivity contribution is 7.84. The van der Waals surface area contributed by atoms with Crippen molar-refractivity contribution in [1.82, 2.24) is 0 Å². The van der Waals surface area contributed by atoms with E-state index < -0.39 is 0 Å². The number of rotatable bonds is 3. The van der Waals surface area contributed by atoms with Gasteiger partial charge in [-0.3, -0.25) is 0 Å². The van der Waals surface area contributed by atoms with E-state index >= 15 is 0 Å². The highest BCUT2D eigenvalue weighted by atomic mass is 32.1. The minimum Gasteiger partial charge on any atom is -0.477 e. The Labute approximate surface area is 82.1 Å². The van der Waals surface area contributed by atoms with E-state index in [1.54, 1.807) is 0 Å². The predicted molar refractivity (Wildman–Crippen MR) is 53.4 cm³/mol. The monoisotopic (exact) mass is 193 g/mol. The molecule has 0 fully saturated rings. The molecular weight excluding hydrogens is 184 g/mol. The van der Waals surface area contributed by atoms with E-state index in [-0.39, 0.29) is 5.09 Å². The fraction of sp³-hybridized carbons (Fsp3) is 0.111. The van der Waals surface area contributed by atoms with Crippen LogP contribution in [-0.2, 0) is 11.3 Å². The van der Waals surface area contributed by atoms with E-state index in [4.69, 9.17) is 10.1 Å². The van der Waals surface area contributed by atoms with Gasteiger partial charge in [-0.15, -0.1) is 0 Å². The maximum absolute atomic E-state index is 8.15. The molecule has 0 aromatic heterocycles. The number of thiol groups is 1. The summed E-state index contributed by atoms with van der Waals surface area (Å²) in [4.78, 5) is 2.78. The summed E-state index contributed by atoms with van der Waals surface area (Å²) in [6.07, 6.45) is 1.13. The molecule has 0 atom stereocenters. The van der Waals surface area contributed by atoms with Crippen LogP contribution in [0.15, 0.2) is 41.6 Å². The van der Waals surface area contributed by atoms with Crippen molar-refractivity contribution in [3.8, 4) is 0 Å². The fourth-order valence-electron chi connectivity index (χ4n) is 0.818. The van der Waals surface area contributed by atoms with Crippen molar-refractivity contribution in [3.05, 3.63) is 52.2 Å². The minimum atomic E-state index is 0.284. The van der Waals surface area contributed by atoms with Gasteiger partial charge in [0, 0.05) is 0 Å². The van der Waals surface area contributed by atoms with Crippen LogP contribution in [0, 0.1) is 5.39 Å². The van der Waals surface area contributed by atoms with Crippen LogP contribution < -0.4 is 0 Å². The van der Waals surface area contributed by atoms with Gasteiger partial charge in [-0.05, 0) is 5.56 Å². The molecule has 1 aromatic rings. The summed E-state index contributed by atoms with van der Waals surface area (Å²) in [6.45, 7) is 0.422. The first-order valence-electron chi connectivity index (χ1n) is 3.73. The molecule has 0 unspecified atom stereocenters. The summed E-state index contributed by atoms with van der Waals surface area (Å²) in [7, 11) is 0. The molecule has 4 heteroatoms. The number of ether oxygens (including phenoxy) is 1. The lowest BCUT2D eigenvalue weighted by Gasteiger charge is -2.01. The van der Waals surface area contributed by atoms with Crippen molar-refractivity contribution in [2.24, 2.45) is 0 Å². The average Bonchev–Trinajstić information content (AvgIpc) is 2.17. The van der Waals surface area contributed by atoms with Gasteiger partial charge in [0.15, 0.2) is 4.98 Å². The third-order valence-corrected chi connectivity index (χ3v) is 1.64. The Morgan fingerprint density at radius 1 is 1.46 bits per heavy atom. The van der Waals surface area contributed by atoms with Gasteiger partial charge in [-0.1, -0.05) is 43.0 Å². The van der Waals surface area contributed by atoms with E-state index in [0.717, 1.165) is 11.8 Å². The number of nitrogens with zero attached hydrogens (tertiary/aromatic N) is 2. The molecule has 3 nitrogen and oxygen atoms in total. The third-order valence-electron chi connectivity index (χ3n) is 1.40. The zero-order valence-corrected chi connectivity index (χ0v) is 7.82. The quantitative estimate of drug-likeness (QED) is 0.455. The molecule has 0 saturated heterocycles. The third kappa shape index (κ3) is 3.63. The van der Waals surface area contributed by atoms with Crippen molar-refractivity contribution in [2.75, 3.05) is 0 Å². The molecule has 0 aliphatic rings. The first-order valence-corrected chi connectivity index (χ1v) is 4.17. The van der Waals surface area contributed by atoms with Gasteiger partial charge in [0.05, 0.1) is 0 Å². The van der Waals surface area contributed by atoms with E-state index in [1.165, 1.54) is 0 Å². The number of benzene rings is 1. The lowest BCUT2D eigenvalue weighted by Crippen LogP contribution is -1.88. The zero-order valence-electron chi connectivity index (χ0n) is 6.92. The summed E-state index contributed by atoms with van der Waals surface area (Å²) in [5.74, 6) is 0. The van der Waals surface area contributed by atoms with Gasteiger partial charge in [0.25, 0.3) is 0 Å². The maximum atomic E-state index is 8.15. The molecule has 0 spiro atoms. The van der Waals surface area contributed by atoms with Crippen molar-refractivity contribution >= 4 is 12.6 Å². The van der Waals surface area contributed by atoms with Gasteiger partial charge < -0.3 is 4.74 Å². The van der Waals surface area contributed by atoms with Crippen molar-refractivity contribution in [2.45, 2.75) is 6.61 Å². The fourth-order valence-corrected chi connectivity index (χ4v) is 0.934. The molecule has 0 heterocycles. The first kappa shape index (κ1) is 9.62. The van der Waals surface area contributed by atoms with Gasteiger partial charge in [0.2, 0.25) is 10.5 Å². The van der Waals surface area contributed by atoms with E-state index in [0.29, 0.717) is 6.61 Å². The average molecular weight is 193 g/mol. The van der Waals surface area contributed by atoms with E-state index in [9.17, 15) is 0 Å². The maximum Gasteiger partial charge on any atom is 0.398 e. The summed E-state index contributed by atoms with van der Waals surface area (Å²) in [6, 6.07) is 9.67. The second kappa shape index (κ2) is 5.22. The molecule has 0 saturated carbocycles.